The van der Waals surface area contributed by atoms with Crippen LogP contribution >= 0.6 is 0 Å². The van der Waals surface area contributed by atoms with Crippen molar-refractivity contribution in [3.63, 3.8) is 0 Å². The number of benzene rings is 2. The average molecular weight is 351 g/mol. The van der Waals surface area contributed by atoms with Gasteiger partial charge < -0.3 is 4.74 Å². The second-order valence-electron chi connectivity index (χ2n) is 7.31. The van der Waals surface area contributed by atoms with Crippen molar-refractivity contribution in [1.29, 1.82) is 0 Å². The molecule has 0 aliphatic heterocycles. The van der Waals surface area contributed by atoms with Gasteiger partial charge in [-0.15, -0.1) is 0 Å². The first-order valence-electron chi connectivity index (χ1n) is 10.0. The van der Waals surface area contributed by atoms with Gasteiger partial charge in [0.25, 0.3) is 0 Å². The van der Waals surface area contributed by atoms with E-state index >= 15 is 0 Å². The molecule has 0 saturated heterocycles. The Morgan fingerprint density at radius 1 is 0.923 bits per heavy atom. The predicted molar refractivity (Wildman–Crippen MR) is 107 cm³/mol. The number of rotatable bonds is 9. The summed E-state index contributed by atoms with van der Waals surface area (Å²) in [6.45, 7) is 7.03. The largest absolute Gasteiger partial charge is 0.358 e. The third-order valence-corrected chi connectivity index (χ3v) is 5.44. The molecule has 1 aliphatic carbocycles. The molecule has 0 saturated carbocycles. The quantitative estimate of drug-likeness (QED) is 0.504. The number of hydrogen-bond acceptors (Lipinski definition) is 2. The molecule has 26 heavy (non-hydrogen) atoms. The Bertz CT molecular complexity index is 778. The number of ketones is 1. The zero-order valence-electron chi connectivity index (χ0n) is 16.3. The highest BCUT2D eigenvalue weighted by atomic mass is 16.5. The second kappa shape index (κ2) is 8.18. The third-order valence-electron chi connectivity index (χ3n) is 5.44. The fraction of sp³-hybridized carbons (Fsp3) is 0.458. The normalized spacial score (nSPS) is 17.8. The Kier molecular flexibility index (Phi) is 5.93. The Balaban J connectivity index is 2.14. The lowest BCUT2D eigenvalue weighted by Gasteiger charge is -2.32. The lowest BCUT2D eigenvalue weighted by molar-refractivity contribution is -0.140. The summed E-state index contributed by atoms with van der Waals surface area (Å²) in [6, 6.07) is 14.6. The van der Waals surface area contributed by atoms with Gasteiger partial charge in [-0.3, -0.25) is 4.79 Å². The van der Waals surface area contributed by atoms with Gasteiger partial charge in [0.15, 0.2) is 11.4 Å². The zero-order valence-corrected chi connectivity index (χ0v) is 16.3. The molecule has 2 heteroatoms. The van der Waals surface area contributed by atoms with E-state index in [4.69, 9.17) is 4.74 Å². The molecule has 1 aliphatic rings. The van der Waals surface area contributed by atoms with Gasteiger partial charge in [0.05, 0.1) is 0 Å². The van der Waals surface area contributed by atoms with E-state index in [1.807, 2.05) is 6.07 Å². The Morgan fingerprint density at radius 3 is 2.42 bits per heavy atom. The van der Waals surface area contributed by atoms with Crippen molar-refractivity contribution in [2.45, 2.75) is 64.9 Å². The molecule has 0 aromatic heterocycles. The third kappa shape index (κ3) is 3.12. The minimum Gasteiger partial charge on any atom is -0.358 e. The first-order valence-corrected chi connectivity index (χ1v) is 10.0. The van der Waals surface area contributed by atoms with Gasteiger partial charge in [0.2, 0.25) is 0 Å². The summed E-state index contributed by atoms with van der Waals surface area (Å²) in [5, 5.41) is 0. The van der Waals surface area contributed by atoms with Gasteiger partial charge in [-0.25, -0.2) is 0 Å². The molecular weight excluding hydrogens is 320 g/mol. The number of aryl methyl sites for hydroxylation is 1. The summed E-state index contributed by atoms with van der Waals surface area (Å²) in [4.78, 5) is 13.5. The maximum Gasteiger partial charge on any atom is 0.177 e. The topological polar surface area (TPSA) is 26.3 Å². The van der Waals surface area contributed by atoms with Crippen LogP contribution in [0.5, 0.6) is 0 Å². The molecule has 1 unspecified atom stereocenters. The molecule has 0 bridgehead atoms. The van der Waals surface area contributed by atoms with E-state index in [0.717, 1.165) is 59.9 Å². The molecule has 2 nitrogen and oxygen atoms in total. The minimum absolute atomic E-state index is 0.205. The molecule has 0 amide bonds. The maximum atomic E-state index is 13.5. The summed E-state index contributed by atoms with van der Waals surface area (Å²) in [6.07, 6.45) is 5.74. The molecule has 0 radical (unpaired) electrons. The van der Waals surface area contributed by atoms with E-state index in [2.05, 4.69) is 57.2 Å². The van der Waals surface area contributed by atoms with E-state index < -0.39 is 5.60 Å². The van der Waals surface area contributed by atoms with Crippen LogP contribution in [0.4, 0.5) is 0 Å². The molecular formula is C24H30O2. The van der Waals surface area contributed by atoms with E-state index in [0.29, 0.717) is 13.0 Å². The summed E-state index contributed by atoms with van der Waals surface area (Å²) < 4.78 is 6.54. The highest BCUT2D eigenvalue weighted by molar-refractivity contribution is 6.00. The van der Waals surface area contributed by atoms with Crippen LogP contribution in [0.1, 0.15) is 69.1 Å². The molecule has 1 atom stereocenters. The fourth-order valence-corrected chi connectivity index (χ4v) is 4.13. The molecule has 0 fully saturated rings. The van der Waals surface area contributed by atoms with Crippen LogP contribution in [-0.2, 0) is 15.1 Å². The molecule has 0 N–H and O–H groups in total. The maximum absolute atomic E-state index is 13.5. The van der Waals surface area contributed by atoms with Crippen LogP contribution in [-0.4, -0.2) is 12.4 Å². The van der Waals surface area contributed by atoms with Crippen LogP contribution in [0.2, 0.25) is 0 Å². The van der Waals surface area contributed by atoms with Gasteiger partial charge in [-0.05, 0) is 36.5 Å². The number of unbranched alkanes of at least 4 members (excludes halogenated alkanes) is 3. The van der Waals surface area contributed by atoms with Gasteiger partial charge in [-0.1, -0.05) is 75.6 Å². The number of carbonyl (C=O) groups excluding carboxylic acids is 1. The molecule has 2 aromatic carbocycles. The second-order valence-corrected chi connectivity index (χ2v) is 7.31. The summed E-state index contributed by atoms with van der Waals surface area (Å²) >= 11 is 0. The Hall–Kier alpha value is -1.93. The highest BCUT2D eigenvalue weighted by Crippen LogP contribution is 2.52. The van der Waals surface area contributed by atoms with E-state index in [-0.39, 0.29) is 5.78 Å². The van der Waals surface area contributed by atoms with Crippen molar-refractivity contribution in [3.05, 3.63) is 59.2 Å². The molecule has 3 rings (SSSR count). The monoisotopic (exact) mass is 350 g/mol. The summed E-state index contributed by atoms with van der Waals surface area (Å²) in [5.74, 6) is 0.205. The van der Waals surface area contributed by atoms with E-state index in [1.165, 1.54) is 0 Å². The summed E-state index contributed by atoms with van der Waals surface area (Å²) in [7, 11) is 0. The Morgan fingerprint density at radius 2 is 1.65 bits per heavy atom. The van der Waals surface area contributed by atoms with Gasteiger partial charge in [-0.2, -0.15) is 0 Å². The first-order chi connectivity index (χ1) is 12.7. The van der Waals surface area contributed by atoms with Crippen molar-refractivity contribution in [1.82, 2.24) is 0 Å². The fourth-order valence-electron chi connectivity index (χ4n) is 4.13. The number of hydrogen-bond donors (Lipinski definition) is 0. The van der Waals surface area contributed by atoms with Crippen LogP contribution < -0.4 is 0 Å². The predicted octanol–water partition coefficient (Wildman–Crippen LogP) is 6.19. The van der Waals surface area contributed by atoms with Gasteiger partial charge >= 0.3 is 0 Å². The van der Waals surface area contributed by atoms with Crippen molar-refractivity contribution < 1.29 is 9.53 Å². The average Bonchev–Trinajstić information content (AvgIpc) is 2.96. The number of fused-ring (bicyclic) bond motifs is 3. The first kappa shape index (κ1) is 18.8. The van der Waals surface area contributed by atoms with Crippen molar-refractivity contribution in [3.8, 4) is 11.1 Å². The molecule has 0 heterocycles. The van der Waals surface area contributed by atoms with E-state index in [1.54, 1.807) is 0 Å². The van der Waals surface area contributed by atoms with Gasteiger partial charge in [0.1, 0.15) is 0 Å². The van der Waals surface area contributed by atoms with Crippen molar-refractivity contribution in [2.24, 2.45) is 0 Å². The van der Waals surface area contributed by atoms with Crippen molar-refractivity contribution >= 4 is 5.78 Å². The standard InChI is InChI=1S/C24H30O2/c1-4-6-10-17-26-24(22(25)16-7-5-2)21-15-9-8-13-19(21)20-14-11-12-18(3)23(20)24/h8-9,11-15H,4-7,10,16-17H2,1-3H3. The zero-order chi connectivity index (χ0) is 18.6. The van der Waals surface area contributed by atoms with Crippen LogP contribution in [0.15, 0.2) is 42.5 Å². The summed E-state index contributed by atoms with van der Waals surface area (Å²) in [5.41, 5.74) is 4.60. The smallest absolute Gasteiger partial charge is 0.177 e. The van der Waals surface area contributed by atoms with Crippen LogP contribution in [0.25, 0.3) is 11.1 Å². The molecule has 138 valence electrons. The molecule has 0 spiro atoms. The Labute approximate surface area is 157 Å². The van der Waals surface area contributed by atoms with Gasteiger partial charge in [0, 0.05) is 24.2 Å². The minimum atomic E-state index is -0.930. The lowest BCUT2D eigenvalue weighted by Crippen LogP contribution is -2.39. The van der Waals surface area contributed by atoms with Crippen LogP contribution in [0, 0.1) is 6.92 Å². The number of Topliss-reactive ketones (excluding diaryl/α,β-unsaturated/α-hetero) is 1. The SMILES string of the molecule is CCCCCOC1(C(=O)CCCC)c2ccccc2-c2cccc(C)c21. The van der Waals surface area contributed by atoms with Crippen LogP contribution in [0.3, 0.4) is 0 Å². The number of carbonyl (C=O) groups is 1. The number of ether oxygens (including phenoxy) is 1. The highest BCUT2D eigenvalue weighted by Gasteiger charge is 2.50. The molecule has 2 aromatic rings. The van der Waals surface area contributed by atoms with Crippen molar-refractivity contribution in [2.75, 3.05) is 6.61 Å². The van der Waals surface area contributed by atoms with E-state index in [9.17, 15) is 4.79 Å². The lowest BCUT2D eigenvalue weighted by atomic mass is 9.82.